The summed E-state index contributed by atoms with van der Waals surface area (Å²) in [5, 5.41) is 0. The van der Waals surface area contributed by atoms with Crippen molar-refractivity contribution in [3.63, 3.8) is 0 Å². The van der Waals surface area contributed by atoms with E-state index < -0.39 is 0 Å². The van der Waals surface area contributed by atoms with E-state index in [9.17, 15) is 4.79 Å². The van der Waals surface area contributed by atoms with Crippen molar-refractivity contribution in [2.75, 3.05) is 33.4 Å². The van der Waals surface area contributed by atoms with E-state index in [1.807, 2.05) is 19.3 Å². The van der Waals surface area contributed by atoms with Crippen LogP contribution in [0.15, 0.2) is 18.3 Å². The SMILES string of the molecule is COC(=O)CN1CCOCC1c1cccn1C. The number of hydrogen-bond acceptors (Lipinski definition) is 4. The van der Waals surface area contributed by atoms with Crippen molar-refractivity contribution in [1.29, 1.82) is 0 Å². The van der Waals surface area contributed by atoms with Crippen molar-refractivity contribution in [2.24, 2.45) is 7.05 Å². The fourth-order valence-corrected chi connectivity index (χ4v) is 2.15. The highest BCUT2D eigenvalue weighted by atomic mass is 16.5. The predicted octanol–water partition coefficient (Wildman–Crippen LogP) is 0.571. The topological polar surface area (TPSA) is 43.7 Å². The van der Waals surface area contributed by atoms with E-state index in [1.54, 1.807) is 0 Å². The molecule has 1 aliphatic rings. The van der Waals surface area contributed by atoms with Crippen LogP contribution in [0.1, 0.15) is 11.7 Å². The van der Waals surface area contributed by atoms with Crippen molar-refractivity contribution in [3.8, 4) is 0 Å². The third kappa shape index (κ3) is 2.68. The van der Waals surface area contributed by atoms with Gasteiger partial charge in [0.05, 0.1) is 32.9 Å². The van der Waals surface area contributed by atoms with Gasteiger partial charge in [0.2, 0.25) is 0 Å². The Morgan fingerprint density at radius 1 is 1.65 bits per heavy atom. The smallest absolute Gasteiger partial charge is 0.319 e. The number of rotatable bonds is 3. The van der Waals surface area contributed by atoms with Gasteiger partial charge in [0.15, 0.2) is 0 Å². The first-order valence-electron chi connectivity index (χ1n) is 5.72. The summed E-state index contributed by atoms with van der Waals surface area (Å²) in [6.07, 6.45) is 2.00. The fourth-order valence-electron chi connectivity index (χ4n) is 2.15. The van der Waals surface area contributed by atoms with Gasteiger partial charge in [-0.25, -0.2) is 0 Å². The molecule has 0 amide bonds. The van der Waals surface area contributed by atoms with Crippen LogP contribution in [0.4, 0.5) is 0 Å². The lowest BCUT2D eigenvalue weighted by Crippen LogP contribution is -2.43. The molecule has 17 heavy (non-hydrogen) atoms. The Balaban J connectivity index is 2.12. The molecule has 2 rings (SSSR count). The zero-order valence-electron chi connectivity index (χ0n) is 10.3. The molecule has 1 fully saturated rings. The van der Waals surface area contributed by atoms with E-state index in [2.05, 4.69) is 15.5 Å². The van der Waals surface area contributed by atoms with Crippen LogP contribution in [0.3, 0.4) is 0 Å². The van der Waals surface area contributed by atoms with Crippen molar-refractivity contribution in [2.45, 2.75) is 6.04 Å². The molecule has 0 N–H and O–H groups in total. The molecule has 1 atom stereocenters. The molecule has 1 aliphatic heterocycles. The maximum atomic E-state index is 11.4. The van der Waals surface area contributed by atoms with Gasteiger partial charge in [-0.05, 0) is 12.1 Å². The van der Waals surface area contributed by atoms with Crippen LogP contribution in [0.25, 0.3) is 0 Å². The molecule has 0 aliphatic carbocycles. The summed E-state index contributed by atoms with van der Waals surface area (Å²) >= 11 is 0. The Morgan fingerprint density at radius 3 is 3.12 bits per heavy atom. The first-order chi connectivity index (χ1) is 8.22. The van der Waals surface area contributed by atoms with Gasteiger partial charge < -0.3 is 14.0 Å². The molecule has 94 valence electrons. The Kier molecular flexibility index (Phi) is 3.81. The summed E-state index contributed by atoms with van der Waals surface area (Å²) < 4.78 is 12.3. The standard InChI is InChI=1S/C12H18N2O3/c1-13-5-3-4-10(13)11-9-17-7-6-14(11)8-12(15)16-2/h3-5,11H,6-9H2,1-2H3. The Hall–Kier alpha value is -1.33. The van der Waals surface area contributed by atoms with Crippen LogP contribution in [0.2, 0.25) is 0 Å². The molecule has 0 spiro atoms. The third-order valence-electron chi connectivity index (χ3n) is 3.12. The highest BCUT2D eigenvalue weighted by Crippen LogP contribution is 2.23. The molecule has 0 bridgehead atoms. The van der Waals surface area contributed by atoms with Crippen LogP contribution < -0.4 is 0 Å². The zero-order valence-corrected chi connectivity index (χ0v) is 10.3. The van der Waals surface area contributed by atoms with Gasteiger partial charge in [-0.15, -0.1) is 0 Å². The number of aromatic nitrogens is 1. The van der Waals surface area contributed by atoms with Gasteiger partial charge in [-0.1, -0.05) is 0 Å². The second-order valence-corrected chi connectivity index (χ2v) is 4.18. The lowest BCUT2D eigenvalue weighted by atomic mass is 10.1. The first-order valence-corrected chi connectivity index (χ1v) is 5.72. The number of esters is 1. The molecule has 2 heterocycles. The second kappa shape index (κ2) is 5.33. The van der Waals surface area contributed by atoms with Gasteiger partial charge in [-0.2, -0.15) is 0 Å². The van der Waals surface area contributed by atoms with Crippen LogP contribution in [0, 0.1) is 0 Å². The quantitative estimate of drug-likeness (QED) is 0.722. The maximum Gasteiger partial charge on any atom is 0.319 e. The number of morpholine rings is 1. The molecule has 0 radical (unpaired) electrons. The molecule has 1 unspecified atom stereocenters. The van der Waals surface area contributed by atoms with Gasteiger partial charge in [0, 0.05) is 25.5 Å². The Morgan fingerprint density at radius 2 is 2.47 bits per heavy atom. The second-order valence-electron chi connectivity index (χ2n) is 4.18. The van der Waals surface area contributed by atoms with E-state index in [-0.39, 0.29) is 12.0 Å². The van der Waals surface area contributed by atoms with Gasteiger partial charge in [-0.3, -0.25) is 9.69 Å². The van der Waals surface area contributed by atoms with E-state index >= 15 is 0 Å². The average Bonchev–Trinajstić information content (AvgIpc) is 2.76. The van der Waals surface area contributed by atoms with Crippen LogP contribution >= 0.6 is 0 Å². The maximum absolute atomic E-state index is 11.4. The number of nitrogens with zero attached hydrogens (tertiary/aromatic N) is 2. The van der Waals surface area contributed by atoms with Crippen LogP contribution in [0.5, 0.6) is 0 Å². The van der Waals surface area contributed by atoms with Gasteiger partial charge in [0.25, 0.3) is 0 Å². The molecular weight excluding hydrogens is 220 g/mol. The van der Waals surface area contributed by atoms with E-state index in [0.717, 1.165) is 12.2 Å². The lowest BCUT2D eigenvalue weighted by molar-refractivity contribution is -0.144. The monoisotopic (exact) mass is 238 g/mol. The van der Waals surface area contributed by atoms with E-state index in [0.29, 0.717) is 19.8 Å². The van der Waals surface area contributed by atoms with Crippen LogP contribution in [-0.2, 0) is 21.3 Å². The summed E-state index contributed by atoms with van der Waals surface area (Å²) in [6.45, 7) is 2.35. The lowest BCUT2D eigenvalue weighted by Gasteiger charge is -2.34. The number of methoxy groups -OCH3 is 1. The molecule has 1 aromatic rings. The van der Waals surface area contributed by atoms with Gasteiger partial charge >= 0.3 is 5.97 Å². The minimum atomic E-state index is -0.203. The van der Waals surface area contributed by atoms with E-state index in [4.69, 9.17) is 9.47 Å². The summed E-state index contributed by atoms with van der Waals surface area (Å²) in [5.41, 5.74) is 1.16. The van der Waals surface area contributed by atoms with Crippen LogP contribution in [-0.4, -0.2) is 48.8 Å². The van der Waals surface area contributed by atoms with E-state index in [1.165, 1.54) is 7.11 Å². The van der Waals surface area contributed by atoms with Gasteiger partial charge in [0.1, 0.15) is 0 Å². The predicted molar refractivity (Wildman–Crippen MR) is 62.6 cm³/mol. The first kappa shape index (κ1) is 12.1. The molecular formula is C12H18N2O3. The summed E-state index contributed by atoms with van der Waals surface area (Å²) in [6, 6.07) is 4.19. The number of carbonyl (C=O) groups excluding carboxylic acids is 1. The molecule has 1 aromatic heterocycles. The Labute approximate surface area is 101 Å². The highest BCUT2D eigenvalue weighted by Gasteiger charge is 2.27. The van der Waals surface area contributed by atoms with Crippen molar-refractivity contribution in [1.82, 2.24) is 9.47 Å². The minimum absolute atomic E-state index is 0.128. The fraction of sp³-hybridized carbons (Fsp3) is 0.583. The average molecular weight is 238 g/mol. The summed E-state index contributed by atoms with van der Waals surface area (Å²) in [4.78, 5) is 13.5. The number of hydrogen-bond donors (Lipinski definition) is 0. The molecule has 0 aromatic carbocycles. The number of carbonyl (C=O) groups is 1. The highest BCUT2D eigenvalue weighted by molar-refractivity contribution is 5.71. The minimum Gasteiger partial charge on any atom is -0.468 e. The Bertz CT molecular complexity index is 389. The third-order valence-corrected chi connectivity index (χ3v) is 3.12. The molecule has 5 nitrogen and oxygen atoms in total. The largest absolute Gasteiger partial charge is 0.468 e. The molecule has 5 heteroatoms. The summed E-state index contributed by atoms with van der Waals surface area (Å²) in [5.74, 6) is -0.203. The van der Waals surface area contributed by atoms with Crippen molar-refractivity contribution >= 4 is 5.97 Å². The number of ether oxygens (including phenoxy) is 2. The van der Waals surface area contributed by atoms with Crippen molar-refractivity contribution < 1.29 is 14.3 Å². The number of aryl methyl sites for hydroxylation is 1. The normalized spacial score (nSPS) is 21.4. The summed E-state index contributed by atoms with van der Waals surface area (Å²) in [7, 11) is 3.42. The van der Waals surface area contributed by atoms with Crippen molar-refractivity contribution in [3.05, 3.63) is 24.0 Å². The molecule has 1 saturated heterocycles. The zero-order chi connectivity index (χ0) is 12.3. The molecule has 0 saturated carbocycles.